The molecule has 1 aliphatic heterocycles. The highest BCUT2D eigenvalue weighted by Gasteiger charge is 2.33. The number of benzene rings is 1. The van der Waals surface area contributed by atoms with Gasteiger partial charge in [0, 0.05) is 38.6 Å². The smallest absolute Gasteiger partial charge is 0.226 e. The summed E-state index contributed by atoms with van der Waals surface area (Å²) in [5.74, 6) is 0.517. The van der Waals surface area contributed by atoms with E-state index in [-0.39, 0.29) is 24.7 Å². The molecule has 0 bridgehead atoms. The topological polar surface area (TPSA) is 59.1 Å². The molecular weight excluding hydrogens is 272 g/mol. The first-order chi connectivity index (χ1) is 10.1. The van der Waals surface area contributed by atoms with Crippen molar-refractivity contribution in [3.63, 3.8) is 0 Å². The average molecular weight is 292 g/mol. The van der Waals surface area contributed by atoms with E-state index in [1.165, 1.54) is 11.8 Å². The van der Waals surface area contributed by atoms with Crippen LogP contribution in [-0.2, 0) is 14.3 Å². The second kappa shape index (κ2) is 6.58. The molecule has 1 saturated heterocycles. The summed E-state index contributed by atoms with van der Waals surface area (Å²) in [6, 6.07) is 7.19. The number of hydrogen-bond acceptors (Lipinski definition) is 4. The standard InChI is InChI=1S/C15H20N2O4/c1-11(18)16(12-5-4-6-13(9-12)20-2)10-17-14(19)7-8-15(17)21-3/h4-6,9,15H,7-8,10H2,1-3H3. The monoisotopic (exact) mass is 292 g/mol. The number of carbonyl (C=O) groups excluding carboxylic acids is 2. The first kappa shape index (κ1) is 15.3. The molecule has 2 amide bonds. The van der Waals surface area contributed by atoms with Crippen LogP contribution in [0.1, 0.15) is 19.8 Å². The highest BCUT2D eigenvalue weighted by atomic mass is 16.5. The molecule has 1 aromatic rings. The zero-order chi connectivity index (χ0) is 15.4. The lowest BCUT2D eigenvalue weighted by Crippen LogP contribution is -2.45. The van der Waals surface area contributed by atoms with Gasteiger partial charge in [-0.3, -0.25) is 19.4 Å². The lowest BCUT2D eigenvalue weighted by Gasteiger charge is -2.30. The average Bonchev–Trinajstić information content (AvgIpc) is 2.84. The zero-order valence-electron chi connectivity index (χ0n) is 12.5. The normalized spacial score (nSPS) is 18.0. The highest BCUT2D eigenvalue weighted by molar-refractivity contribution is 5.92. The molecule has 2 rings (SSSR count). The number of carbonyl (C=O) groups is 2. The van der Waals surface area contributed by atoms with Gasteiger partial charge in [-0.05, 0) is 12.1 Å². The van der Waals surface area contributed by atoms with Crippen molar-refractivity contribution in [1.82, 2.24) is 4.90 Å². The first-order valence-electron chi connectivity index (χ1n) is 6.81. The Hall–Kier alpha value is -2.08. The Morgan fingerprint density at radius 2 is 2.19 bits per heavy atom. The molecule has 0 radical (unpaired) electrons. The van der Waals surface area contributed by atoms with Crippen LogP contribution in [-0.4, -0.2) is 43.8 Å². The summed E-state index contributed by atoms with van der Waals surface area (Å²) >= 11 is 0. The lowest BCUT2D eigenvalue weighted by molar-refractivity contribution is -0.135. The summed E-state index contributed by atoms with van der Waals surface area (Å²) in [6.07, 6.45) is 0.826. The Labute approximate surface area is 124 Å². The molecule has 21 heavy (non-hydrogen) atoms. The van der Waals surface area contributed by atoms with Crippen LogP contribution in [0.15, 0.2) is 24.3 Å². The Bertz CT molecular complexity index is 532. The molecule has 6 heteroatoms. The number of anilines is 1. The van der Waals surface area contributed by atoms with Crippen molar-refractivity contribution in [2.24, 2.45) is 0 Å². The maximum absolute atomic E-state index is 11.9. The van der Waals surface area contributed by atoms with E-state index in [4.69, 9.17) is 9.47 Å². The van der Waals surface area contributed by atoms with Crippen LogP contribution in [0.4, 0.5) is 5.69 Å². The lowest BCUT2D eigenvalue weighted by atomic mass is 10.2. The quantitative estimate of drug-likeness (QED) is 0.827. The van der Waals surface area contributed by atoms with Gasteiger partial charge in [0.2, 0.25) is 11.8 Å². The number of rotatable bonds is 5. The molecule has 0 aliphatic carbocycles. The maximum atomic E-state index is 11.9. The maximum Gasteiger partial charge on any atom is 0.226 e. The number of nitrogens with zero attached hydrogens (tertiary/aromatic N) is 2. The molecule has 1 aromatic carbocycles. The van der Waals surface area contributed by atoms with E-state index in [0.717, 1.165) is 0 Å². The minimum absolute atomic E-state index is 0.00371. The van der Waals surface area contributed by atoms with Crippen molar-refractivity contribution in [3.05, 3.63) is 24.3 Å². The van der Waals surface area contributed by atoms with Crippen molar-refractivity contribution in [1.29, 1.82) is 0 Å². The Balaban J connectivity index is 2.23. The van der Waals surface area contributed by atoms with Gasteiger partial charge in [-0.15, -0.1) is 0 Å². The fraction of sp³-hybridized carbons (Fsp3) is 0.467. The second-order valence-corrected chi connectivity index (χ2v) is 4.88. The van der Waals surface area contributed by atoms with Crippen molar-refractivity contribution in [2.75, 3.05) is 25.8 Å². The summed E-state index contributed by atoms with van der Waals surface area (Å²) in [7, 11) is 3.14. The number of ether oxygens (including phenoxy) is 2. The van der Waals surface area contributed by atoms with Crippen LogP contribution in [0, 0.1) is 0 Å². The summed E-state index contributed by atoms with van der Waals surface area (Å²) < 4.78 is 10.5. The van der Waals surface area contributed by atoms with Crippen LogP contribution in [0.3, 0.4) is 0 Å². The van der Waals surface area contributed by atoms with Crippen molar-refractivity contribution >= 4 is 17.5 Å². The summed E-state index contributed by atoms with van der Waals surface area (Å²) in [4.78, 5) is 27.0. The largest absolute Gasteiger partial charge is 0.497 e. The zero-order valence-corrected chi connectivity index (χ0v) is 12.5. The van der Waals surface area contributed by atoms with Gasteiger partial charge in [-0.1, -0.05) is 6.07 Å². The van der Waals surface area contributed by atoms with Crippen LogP contribution < -0.4 is 9.64 Å². The number of hydrogen-bond donors (Lipinski definition) is 0. The SMILES string of the molecule is COc1cccc(N(CN2C(=O)CCC2OC)C(C)=O)c1. The molecule has 1 atom stereocenters. The second-order valence-electron chi connectivity index (χ2n) is 4.88. The van der Waals surface area contributed by atoms with E-state index in [1.54, 1.807) is 31.3 Å². The van der Waals surface area contributed by atoms with Gasteiger partial charge in [0.15, 0.2) is 0 Å². The molecule has 1 heterocycles. The predicted molar refractivity (Wildman–Crippen MR) is 77.9 cm³/mol. The van der Waals surface area contributed by atoms with E-state index in [1.807, 2.05) is 12.1 Å². The Kier molecular flexibility index (Phi) is 4.80. The van der Waals surface area contributed by atoms with Gasteiger partial charge in [-0.2, -0.15) is 0 Å². The predicted octanol–water partition coefficient (Wildman–Crippen LogP) is 1.60. The van der Waals surface area contributed by atoms with Crippen molar-refractivity contribution < 1.29 is 19.1 Å². The fourth-order valence-corrected chi connectivity index (χ4v) is 2.42. The Morgan fingerprint density at radius 1 is 1.43 bits per heavy atom. The van der Waals surface area contributed by atoms with Crippen molar-refractivity contribution in [3.8, 4) is 5.75 Å². The number of amides is 2. The first-order valence-corrected chi connectivity index (χ1v) is 6.81. The van der Waals surface area contributed by atoms with Gasteiger partial charge in [0.1, 0.15) is 18.6 Å². The third kappa shape index (κ3) is 3.33. The molecular formula is C15H20N2O4. The van der Waals surface area contributed by atoms with Gasteiger partial charge in [-0.25, -0.2) is 0 Å². The molecule has 1 fully saturated rings. The number of methoxy groups -OCH3 is 2. The van der Waals surface area contributed by atoms with Crippen LogP contribution in [0.25, 0.3) is 0 Å². The molecule has 114 valence electrons. The van der Waals surface area contributed by atoms with E-state index in [9.17, 15) is 9.59 Å². The van der Waals surface area contributed by atoms with Gasteiger partial charge >= 0.3 is 0 Å². The molecule has 0 aromatic heterocycles. The van der Waals surface area contributed by atoms with E-state index < -0.39 is 0 Å². The van der Waals surface area contributed by atoms with Crippen LogP contribution in [0.5, 0.6) is 5.75 Å². The molecule has 1 unspecified atom stereocenters. The van der Waals surface area contributed by atoms with Crippen LogP contribution in [0.2, 0.25) is 0 Å². The molecule has 0 N–H and O–H groups in total. The van der Waals surface area contributed by atoms with Gasteiger partial charge in [0.25, 0.3) is 0 Å². The molecule has 0 spiro atoms. The third-order valence-electron chi connectivity index (χ3n) is 3.58. The minimum Gasteiger partial charge on any atom is -0.497 e. The van der Waals surface area contributed by atoms with E-state index in [0.29, 0.717) is 24.3 Å². The number of likely N-dealkylation sites (tertiary alicyclic amines) is 1. The van der Waals surface area contributed by atoms with E-state index in [2.05, 4.69) is 0 Å². The highest BCUT2D eigenvalue weighted by Crippen LogP contribution is 2.25. The third-order valence-corrected chi connectivity index (χ3v) is 3.58. The van der Waals surface area contributed by atoms with Gasteiger partial charge < -0.3 is 9.47 Å². The summed E-state index contributed by atoms with van der Waals surface area (Å²) in [6.45, 7) is 1.65. The fourth-order valence-electron chi connectivity index (χ4n) is 2.42. The minimum atomic E-state index is -0.273. The molecule has 1 aliphatic rings. The van der Waals surface area contributed by atoms with Crippen LogP contribution >= 0.6 is 0 Å². The summed E-state index contributed by atoms with van der Waals surface area (Å²) in [5.41, 5.74) is 0.691. The van der Waals surface area contributed by atoms with Crippen molar-refractivity contribution in [2.45, 2.75) is 26.0 Å². The van der Waals surface area contributed by atoms with E-state index >= 15 is 0 Å². The molecule has 0 saturated carbocycles. The van der Waals surface area contributed by atoms with Gasteiger partial charge in [0.05, 0.1) is 7.11 Å². The Morgan fingerprint density at radius 3 is 2.81 bits per heavy atom. The summed E-state index contributed by atoms with van der Waals surface area (Å²) in [5, 5.41) is 0. The molecule has 6 nitrogen and oxygen atoms in total.